The molecule has 92 valence electrons. The molecule has 6 nitrogen and oxygen atoms in total. The summed E-state index contributed by atoms with van der Waals surface area (Å²) in [6, 6.07) is 3.56. The second kappa shape index (κ2) is 24.3. The van der Waals surface area contributed by atoms with E-state index in [4.69, 9.17) is 0 Å². The molecule has 0 spiro atoms. The Morgan fingerprint density at radius 3 is 1.12 bits per heavy atom. The van der Waals surface area contributed by atoms with E-state index in [1.807, 2.05) is 0 Å². The predicted octanol–water partition coefficient (Wildman–Crippen LogP) is 1.31. The van der Waals surface area contributed by atoms with Crippen LogP contribution >= 0.6 is 0 Å². The fourth-order valence-corrected chi connectivity index (χ4v) is 0.385. The molecule has 0 bridgehead atoms. The molecule has 0 radical (unpaired) electrons. The van der Waals surface area contributed by atoms with Gasteiger partial charge < -0.3 is 31.0 Å². The molecule has 2 aromatic rings. The van der Waals surface area contributed by atoms with Crippen LogP contribution in [-0.2, 0) is 21.7 Å². The number of aromatic nitrogens is 4. The van der Waals surface area contributed by atoms with E-state index in [1.165, 1.54) is 0 Å². The molecule has 0 aliphatic heterocycles. The largest absolute Gasteiger partial charge is 4.00 e. The van der Waals surface area contributed by atoms with Gasteiger partial charge in [0.2, 0.25) is 0 Å². The van der Waals surface area contributed by atoms with Gasteiger partial charge in [-0.05, 0) is 0 Å². The van der Waals surface area contributed by atoms with E-state index >= 15 is 0 Å². The standard InChI is InChI=1S/2C3H3N2.2C2H6N.Ti/c2*1-2-4-5-3-1;2*1-3-2;/h2*1-3H;2*1-2H3;/q4*-1;+4. The predicted molar refractivity (Wildman–Crippen MR) is 65.5 cm³/mol. The van der Waals surface area contributed by atoms with E-state index in [0.717, 1.165) is 0 Å². The fourth-order valence-electron chi connectivity index (χ4n) is 0.385. The Morgan fingerprint density at radius 1 is 0.765 bits per heavy atom. The van der Waals surface area contributed by atoms with Crippen molar-refractivity contribution in [2.24, 2.45) is 0 Å². The molecule has 0 amide bonds. The summed E-state index contributed by atoms with van der Waals surface area (Å²) in [7, 11) is 7.00. The molecule has 0 aromatic carbocycles. The monoisotopic (exact) mass is 270 g/mol. The van der Waals surface area contributed by atoms with Crippen LogP contribution in [0, 0.1) is 0 Å². The summed E-state index contributed by atoms with van der Waals surface area (Å²) in [5.41, 5.74) is 0. The first-order valence-corrected chi connectivity index (χ1v) is 4.55. The van der Waals surface area contributed by atoms with Gasteiger partial charge in [0.05, 0.1) is 0 Å². The Hall–Kier alpha value is -0.946. The summed E-state index contributed by atoms with van der Waals surface area (Å²) >= 11 is 0. The number of hydrogen-bond donors (Lipinski definition) is 0. The maximum atomic E-state index is 3.50. The minimum absolute atomic E-state index is 0. The zero-order chi connectivity index (χ0) is 12.5. The second-order valence-electron chi connectivity index (χ2n) is 2.34. The van der Waals surface area contributed by atoms with Crippen molar-refractivity contribution in [1.82, 2.24) is 20.4 Å². The summed E-state index contributed by atoms with van der Waals surface area (Å²) in [4.78, 5) is 0. The molecule has 2 rings (SSSR count). The molecule has 0 fully saturated rings. The zero-order valence-corrected chi connectivity index (χ0v) is 12.2. The fraction of sp³-hybridized carbons (Fsp3) is 0.400. The molecule has 2 aromatic heterocycles. The van der Waals surface area contributed by atoms with E-state index in [1.54, 1.807) is 65.1 Å². The molecule has 0 aliphatic carbocycles. The van der Waals surface area contributed by atoms with Crippen LogP contribution in [0.1, 0.15) is 0 Å². The van der Waals surface area contributed by atoms with Crippen molar-refractivity contribution in [2.75, 3.05) is 28.2 Å². The van der Waals surface area contributed by atoms with Crippen LogP contribution in [0.25, 0.3) is 10.6 Å². The average molecular weight is 270 g/mol. The minimum atomic E-state index is 0. The molecule has 0 N–H and O–H groups in total. The Labute approximate surface area is 118 Å². The Kier molecular flexibility index (Phi) is 30.6. The maximum Gasteiger partial charge on any atom is 4.00 e. The molecule has 0 saturated carbocycles. The molecule has 7 heteroatoms. The smallest absolute Gasteiger partial charge is 0.668 e. The average Bonchev–Trinajstić information content (AvgIpc) is 3.00. The zero-order valence-electron chi connectivity index (χ0n) is 10.6. The van der Waals surface area contributed by atoms with Crippen molar-refractivity contribution in [3.8, 4) is 0 Å². The van der Waals surface area contributed by atoms with Crippen LogP contribution in [0.2, 0.25) is 0 Å². The van der Waals surface area contributed by atoms with Crippen LogP contribution in [0.5, 0.6) is 0 Å². The van der Waals surface area contributed by atoms with Gasteiger partial charge in [-0.3, -0.25) is 0 Å². The number of hydrogen-bond acceptors (Lipinski definition) is 2. The van der Waals surface area contributed by atoms with Gasteiger partial charge >= 0.3 is 21.7 Å². The van der Waals surface area contributed by atoms with E-state index in [-0.39, 0.29) is 21.7 Å². The van der Waals surface area contributed by atoms with E-state index < -0.39 is 0 Å². The SMILES string of the molecule is C[N-]C.C[N-]C.[Ti+4].c1cn[n-]c1.c1cn[n-]c1. The van der Waals surface area contributed by atoms with Gasteiger partial charge in [-0.25, -0.2) is 0 Å². The van der Waals surface area contributed by atoms with Gasteiger partial charge in [0.1, 0.15) is 0 Å². The second-order valence-corrected chi connectivity index (χ2v) is 2.34. The van der Waals surface area contributed by atoms with Crippen LogP contribution in [0.3, 0.4) is 0 Å². The summed E-state index contributed by atoms with van der Waals surface area (Å²) in [5.74, 6) is 0. The molecule has 0 saturated heterocycles. The summed E-state index contributed by atoms with van der Waals surface area (Å²) in [6.45, 7) is 0. The van der Waals surface area contributed by atoms with E-state index in [0.29, 0.717) is 0 Å². The van der Waals surface area contributed by atoms with Crippen molar-refractivity contribution >= 4 is 0 Å². The van der Waals surface area contributed by atoms with Crippen LogP contribution < -0.4 is 10.2 Å². The maximum absolute atomic E-state index is 3.50. The molecule has 0 unspecified atom stereocenters. The van der Waals surface area contributed by atoms with Gasteiger partial charge in [0.25, 0.3) is 0 Å². The van der Waals surface area contributed by atoms with Gasteiger partial charge in [0.15, 0.2) is 0 Å². The third-order valence-corrected chi connectivity index (χ3v) is 0.744. The molecule has 17 heavy (non-hydrogen) atoms. The first kappa shape index (κ1) is 21.4. The summed E-state index contributed by atoms with van der Waals surface area (Å²) in [5, 5.41) is 20.9. The van der Waals surface area contributed by atoms with Crippen molar-refractivity contribution < 1.29 is 21.7 Å². The molecule has 2 heterocycles. The number of rotatable bonds is 0. The normalized spacial score (nSPS) is 6.82. The van der Waals surface area contributed by atoms with Gasteiger partial charge in [-0.15, -0.1) is 0 Å². The van der Waals surface area contributed by atoms with Crippen LogP contribution in [-0.4, -0.2) is 38.4 Å². The van der Waals surface area contributed by atoms with E-state index in [2.05, 4.69) is 31.0 Å². The molecule has 0 atom stereocenters. The van der Waals surface area contributed by atoms with E-state index in [9.17, 15) is 0 Å². The van der Waals surface area contributed by atoms with Gasteiger partial charge in [-0.1, -0.05) is 12.1 Å². The first-order chi connectivity index (χ1) is 7.83. The number of nitrogens with zero attached hydrogens (tertiary/aromatic N) is 6. The summed E-state index contributed by atoms with van der Waals surface area (Å²) < 4.78 is 0. The first-order valence-electron chi connectivity index (χ1n) is 4.55. The Morgan fingerprint density at radius 2 is 1.06 bits per heavy atom. The molecular weight excluding hydrogens is 252 g/mol. The van der Waals surface area contributed by atoms with Gasteiger partial charge in [0, 0.05) is 12.4 Å². The molecular formula is C10H18N6Ti. The van der Waals surface area contributed by atoms with Crippen LogP contribution in [0.4, 0.5) is 0 Å². The topological polar surface area (TPSA) is 82.2 Å². The van der Waals surface area contributed by atoms with Crippen LogP contribution in [0.15, 0.2) is 36.9 Å². The third-order valence-electron chi connectivity index (χ3n) is 0.744. The third kappa shape index (κ3) is 31.3. The van der Waals surface area contributed by atoms with Crippen molar-refractivity contribution in [2.45, 2.75) is 0 Å². The van der Waals surface area contributed by atoms with Crippen molar-refractivity contribution in [3.63, 3.8) is 0 Å². The minimum Gasteiger partial charge on any atom is -0.668 e. The Balaban J connectivity index is -0.000000157. The van der Waals surface area contributed by atoms with Gasteiger partial charge in [-0.2, -0.15) is 40.6 Å². The Bertz CT molecular complexity index is 183. The molecule has 0 aliphatic rings. The van der Waals surface area contributed by atoms with Crippen molar-refractivity contribution in [3.05, 3.63) is 47.6 Å². The quantitative estimate of drug-likeness (QED) is 0.676. The van der Waals surface area contributed by atoms with Crippen molar-refractivity contribution in [1.29, 1.82) is 0 Å². The summed E-state index contributed by atoms with van der Waals surface area (Å²) in [6.07, 6.45) is 6.56.